The van der Waals surface area contributed by atoms with E-state index in [1.807, 2.05) is 19.0 Å². The topological polar surface area (TPSA) is 31.9 Å². The predicted octanol–water partition coefficient (Wildman–Crippen LogP) is 3.17. The summed E-state index contributed by atoms with van der Waals surface area (Å²) in [7, 11) is 3.89. The lowest BCUT2D eigenvalue weighted by Gasteiger charge is -2.15. The van der Waals surface area contributed by atoms with Crippen molar-refractivity contribution < 1.29 is 0 Å². The molecule has 84 valence electrons. The van der Waals surface area contributed by atoms with Gasteiger partial charge in [-0.15, -0.1) is 0 Å². The SMILES string of the molecule is CC(C)Cc1[nH]c(N(C)C)nc(=S)c1Br. The maximum absolute atomic E-state index is 5.20. The highest BCUT2D eigenvalue weighted by Crippen LogP contribution is 2.20. The molecule has 5 heteroatoms. The Morgan fingerprint density at radius 3 is 2.53 bits per heavy atom. The number of hydrogen-bond donors (Lipinski definition) is 1. The molecule has 0 saturated carbocycles. The van der Waals surface area contributed by atoms with Gasteiger partial charge in [-0.05, 0) is 28.3 Å². The van der Waals surface area contributed by atoms with Crippen molar-refractivity contribution in [3.63, 3.8) is 0 Å². The molecule has 0 aromatic carbocycles. The Hall–Kier alpha value is -0.420. The molecule has 15 heavy (non-hydrogen) atoms. The normalized spacial score (nSPS) is 10.8. The van der Waals surface area contributed by atoms with Gasteiger partial charge < -0.3 is 9.88 Å². The Morgan fingerprint density at radius 2 is 2.07 bits per heavy atom. The van der Waals surface area contributed by atoms with Gasteiger partial charge in [-0.25, -0.2) is 4.98 Å². The van der Waals surface area contributed by atoms with Crippen molar-refractivity contribution in [1.82, 2.24) is 9.97 Å². The lowest BCUT2D eigenvalue weighted by atomic mass is 10.1. The van der Waals surface area contributed by atoms with E-state index < -0.39 is 0 Å². The molecule has 3 nitrogen and oxygen atoms in total. The smallest absolute Gasteiger partial charge is 0.203 e. The highest BCUT2D eigenvalue weighted by molar-refractivity contribution is 9.10. The van der Waals surface area contributed by atoms with Crippen molar-refractivity contribution in [2.24, 2.45) is 5.92 Å². The Bertz CT molecular complexity index is 398. The number of hydrogen-bond acceptors (Lipinski definition) is 3. The summed E-state index contributed by atoms with van der Waals surface area (Å²) >= 11 is 8.67. The Morgan fingerprint density at radius 1 is 1.47 bits per heavy atom. The molecule has 0 radical (unpaired) electrons. The van der Waals surface area contributed by atoms with Crippen LogP contribution in [0.25, 0.3) is 0 Å². The van der Waals surface area contributed by atoms with Gasteiger partial charge in [0.25, 0.3) is 0 Å². The van der Waals surface area contributed by atoms with Crippen LogP contribution in [0, 0.1) is 10.6 Å². The first-order chi connectivity index (χ1) is 6.91. The Balaban J connectivity index is 3.19. The molecule has 1 N–H and O–H groups in total. The number of nitrogens with zero attached hydrogens (tertiary/aromatic N) is 2. The zero-order chi connectivity index (χ0) is 11.6. The fraction of sp³-hybridized carbons (Fsp3) is 0.600. The van der Waals surface area contributed by atoms with Crippen molar-refractivity contribution in [1.29, 1.82) is 0 Å². The zero-order valence-corrected chi connectivity index (χ0v) is 11.9. The number of aromatic nitrogens is 2. The summed E-state index contributed by atoms with van der Waals surface area (Å²) in [5.41, 5.74) is 1.12. The summed E-state index contributed by atoms with van der Waals surface area (Å²) in [6.07, 6.45) is 0.966. The molecular formula is C10H16BrN3S. The van der Waals surface area contributed by atoms with Gasteiger partial charge in [0.05, 0.1) is 4.47 Å². The molecule has 1 aromatic rings. The van der Waals surface area contributed by atoms with Crippen LogP contribution in [0.1, 0.15) is 19.5 Å². The zero-order valence-electron chi connectivity index (χ0n) is 9.47. The number of halogens is 1. The Kier molecular flexibility index (Phi) is 4.28. The second-order valence-corrected chi connectivity index (χ2v) is 5.33. The maximum atomic E-state index is 5.20. The minimum Gasteiger partial charge on any atom is -0.349 e. The van der Waals surface area contributed by atoms with Gasteiger partial charge >= 0.3 is 0 Å². The highest BCUT2D eigenvalue weighted by atomic mass is 79.9. The highest BCUT2D eigenvalue weighted by Gasteiger charge is 2.08. The monoisotopic (exact) mass is 289 g/mol. The first-order valence-corrected chi connectivity index (χ1v) is 6.08. The van der Waals surface area contributed by atoms with E-state index in [1.165, 1.54) is 0 Å². The average Bonchev–Trinajstić information content (AvgIpc) is 2.11. The van der Waals surface area contributed by atoms with E-state index in [2.05, 4.69) is 39.7 Å². The van der Waals surface area contributed by atoms with E-state index in [9.17, 15) is 0 Å². The number of anilines is 1. The molecule has 0 atom stereocenters. The van der Waals surface area contributed by atoms with Gasteiger partial charge in [0.1, 0.15) is 4.64 Å². The summed E-state index contributed by atoms with van der Waals surface area (Å²) in [6, 6.07) is 0. The van der Waals surface area contributed by atoms with Crippen LogP contribution in [0.4, 0.5) is 5.95 Å². The lowest BCUT2D eigenvalue weighted by molar-refractivity contribution is 0.631. The summed E-state index contributed by atoms with van der Waals surface area (Å²) in [4.78, 5) is 9.49. The minimum atomic E-state index is 0.587. The fourth-order valence-corrected chi connectivity index (χ4v) is 1.81. The van der Waals surface area contributed by atoms with Crippen LogP contribution in [-0.2, 0) is 6.42 Å². The quantitative estimate of drug-likeness (QED) is 0.868. The number of aromatic amines is 1. The average molecular weight is 290 g/mol. The lowest BCUT2D eigenvalue weighted by Crippen LogP contribution is -2.14. The maximum Gasteiger partial charge on any atom is 0.203 e. The molecular weight excluding hydrogens is 274 g/mol. The van der Waals surface area contributed by atoms with Crippen LogP contribution in [0.5, 0.6) is 0 Å². The van der Waals surface area contributed by atoms with E-state index in [-0.39, 0.29) is 0 Å². The van der Waals surface area contributed by atoms with E-state index in [0.717, 1.165) is 22.5 Å². The molecule has 1 aromatic heterocycles. The molecule has 0 unspecified atom stereocenters. The second kappa shape index (κ2) is 5.07. The van der Waals surface area contributed by atoms with Crippen LogP contribution in [-0.4, -0.2) is 24.1 Å². The molecule has 0 saturated heterocycles. The molecule has 0 spiro atoms. The molecule has 0 aliphatic carbocycles. The van der Waals surface area contributed by atoms with E-state index >= 15 is 0 Å². The van der Waals surface area contributed by atoms with Gasteiger partial charge in [-0.1, -0.05) is 26.1 Å². The third-order valence-corrected chi connectivity index (χ3v) is 3.37. The first-order valence-electron chi connectivity index (χ1n) is 4.87. The summed E-state index contributed by atoms with van der Waals surface area (Å²) in [5, 5.41) is 0. The van der Waals surface area contributed by atoms with Crippen LogP contribution in [0.2, 0.25) is 0 Å². The summed E-state index contributed by atoms with van der Waals surface area (Å²) in [6.45, 7) is 4.36. The van der Waals surface area contributed by atoms with Gasteiger partial charge in [-0.2, -0.15) is 0 Å². The van der Waals surface area contributed by atoms with Crippen LogP contribution in [0.3, 0.4) is 0 Å². The van der Waals surface area contributed by atoms with Crippen molar-refractivity contribution >= 4 is 34.1 Å². The third kappa shape index (κ3) is 3.28. The van der Waals surface area contributed by atoms with E-state index in [0.29, 0.717) is 10.6 Å². The molecule has 0 fully saturated rings. The summed E-state index contributed by atoms with van der Waals surface area (Å²) < 4.78 is 1.53. The molecule has 1 heterocycles. The number of H-pyrrole nitrogens is 1. The van der Waals surface area contributed by atoms with Crippen molar-refractivity contribution in [3.05, 3.63) is 14.8 Å². The molecule has 0 aliphatic heterocycles. The standard InChI is InChI=1S/C10H16BrN3S/c1-6(2)5-7-8(11)9(15)13-10(12-7)14(3)4/h6H,5H2,1-4H3,(H,12,13,15). The van der Waals surface area contributed by atoms with Crippen molar-refractivity contribution in [2.45, 2.75) is 20.3 Å². The van der Waals surface area contributed by atoms with Crippen molar-refractivity contribution in [2.75, 3.05) is 19.0 Å². The molecule has 0 aliphatic rings. The van der Waals surface area contributed by atoms with Gasteiger partial charge in [0.2, 0.25) is 5.95 Å². The predicted molar refractivity (Wildman–Crippen MR) is 70.0 cm³/mol. The van der Waals surface area contributed by atoms with Gasteiger partial charge in [0.15, 0.2) is 0 Å². The Labute approximate surface area is 104 Å². The van der Waals surface area contributed by atoms with E-state index in [1.54, 1.807) is 0 Å². The first kappa shape index (κ1) is 12.6. The number of rotatable bonds is 3. The molecule has 0 bridgehead atoms. The van der Waals surface area contributed by atoms with Crippen molar-refractivity contribution in [3.8, 4) is 0 Å². The molecule has 0 amide bonds. The second-order valence-electron chi connectivity index (χ2n) is 4.15. The third-order valence-electron chi connectivity index (χ3n) is 1.96. The van der Waals surface area contributed by atoms with E-state index in [4.69, 9.17) is 12.2 Å². The molecule has 1 rings (SSSR count). The number of nitrogens with one attached hydrogen (secondary N) is 1. The van der Waals surface area contributed by atoms with Crippen LogP contribution >= 0.6 is 28.1 Å². The van der Waals surface area contributed by atoms with Crippen LogP contribution in [0.15, 0.2) is 4.47 Å². The fourth-order valence-electron chi connectivity index (χ4n) is 1.25. The van der Waals surface area contributed by atoms with Crippen LogP contribution < -0.4 is 4.90 Å². The minimum absolute atomic E-state index is 0.587. The van der Waals surface area contributed by atoms with Gasteiger partial charge in [0, 0.05) is 19.8 Å². The largest absolute Gasteiger partial charge is 0.349 e. The van der Waals surface area contributed by atoms with Gasteiger partial charge in [-0.3, -0.25) is 0 Å². The summed E-state index contributed by atoms with van der Waals surface area (Å²) in [5.74, 6) is 1.39.